The number of morpholine rings is 1. The van der Waals surface area contributed by atoms with Crippen LogP contribution in [0.1, 0.15) is 12.5 Å². The van der Waals surface area contributed by atoms with Crippen molar-refractivity contribution in [3.8, 4) is 0 Å². The number of nitrogens with zero attached hydrogens (tertiary/aromatic N) is 2. The number of likely N-dealkylation sites (N-methyl/N-ethyl adjacent to an activating group) is 1. The normalized spacial score (nSPS) is 20.9. The fourth-order valence-corrected chi connectivity index (χ4v) is 2.18. The first-order chi connectivity index (χ1) is 8.69. The van der Waals surface area contributed by atoms with Crippen LogP contribution < -0.4 is 11.1 Å². The molecule has 2 heterocycles. The molecule has 0 aromatic carbocycles. The van der Waals surface area contributed by atoms with E-state index in [1.807, 2.05) is 13.0 Å². The molecule has 0 bridgehead atoms. The summed E-state index contributed by atoms with van der Waals surface area (Å²) in [5.41, 5.74) is 7.45. The van der Waals surface area contributed by atoms with E-state index in [2.05, 4.69) is 22.1 Å². The van der Waals surface area contributed by atoms with Crippen molar-refractivity contribution in [1.29, 1.82) is 0 Å². The largest absolute Gasteiger partial charge is 0.397 e. The average molecular weight is 250 g/mol. The number of hydrogen-bond acceptors (Lipinski definition) is 5. The molecule has 1 aromatic heterocycles. The van der Waals surface area contributed by atoms with Crippen LogP contribution in [-0.2, 0) is 4.74 Å². The second kappa shape index (κ2) is 6.02. The molecule has 5 heteroatoms. The highest BCUT2D eigenvalue weighted by Crippen LogP contribution is 2.14. The van der Waals surface area contributed by atoms with Gasteiger partial charge < -0.3 is 15.8 Å². The van der Waals surface area contributed by atoms with Gasteiger partial charge in [-0.1, -0.05) is 6.92 Å². The van der Waals surface area contributed by atoms with Gasteiger partial charge in [-0.15, -0.1) is 0 Å². The average Bonchev–Trinajstić information content (AvgIpc) is 2.38. The third-order valence-corrected chi connectivity index (χ3v) is 3.27. The summed E-state index contributed by atoms with van der Waals surface area (Å²) in [6.45, 7) is 8.89. The van der Waals surface area contributed by atoms with E-state index in [0.717, 1.165) is 44.2 Å². The lowest BCUT2D eigenvalue weighted by Gasteiger charge is -2.32. The van der Waals surface area contributed by atoms with Gasteiger partial charge in [0, 0.05) is 19.6 Å². The van der Waals surface area contributed by atoms with Crippen molar-refractivity contribution < 1.29 is 4.74 Å². The molecule has 100 valence electrons. The Balaban J connectivity index is 1.87. The fraction of sp³-hybridized carbons (Fsp3) is 0.615. The Kier molecular flexibility index (Phi) is 4.38. The zero-order valence-corrected chi connectivity index (χ0v) is 11.1. The summed E-state index contributed by atoms with van der Waals surface area (Å²) in [6, 6.07) is 1.93. The van der Waals surface area contributed by atoms with Gasteiger partial charge in [0.2, 0.25) is 0 Å². The van der Waals surface area contributed by atoms with Crippen molar-refractivity contribution in [3.05, 3.63) is 17.8 Å². The van der Waals surface area contributed by atoms with Crippen molar-refractivity contribution in [2.75, 3.05) is 43.8 Å². The fourth-order valence-electron chi connectivity index (χ4n) is 2.18. The number of hydrogen-bond donors (Lipinski definition) is 2. The minimum Gasteiger partial charge on any atom is -0.397 e. The van der Waals surface area contributed by atoms with E-state index >= 15 is 0 Å². The molecule has 1 atom stereocenters. The van der Waals surface area contributed by atoms with Crippen molar-refractivity contribution in [1.82, 2.24) is 9.88 Å². The Morgan fingerprint density at radius 3 is 3.17 bits per heavy atom. The lowest BCUT2D eigenvalue weighted by atomic mass is 10.2. The highest BCUT2D eigenvalue weighted by Gasteiger charge is 2.19. The molecule has 1 aliphatic rings. The van der Waals surface area contributed by atoms with E-state index in [1.165, 1.54) is 0 Å². The molecule has 5 nitrogen and oxygen atoms in total. The number of anilines is 2. The summed E-state index contributed by atoms with van der Waals surface area (Å²) in [6.07, 6.45) is 1.91. The van der Waals surface area contributed by atoms with Crippen molar-refractivity contribution in [2.24, 2.45) is 0 Å². The van der Waals surface area contributed by atoms with Crippen LogP contribution in [0.25, 0.3) is 0 Å². The Bertz CT molecular complexity index is 397. The first kappa shape index (κ1) is 13.1. The summed E-state index contributed by atoms with van der Waals surface area (Å²) in [5, 5.41) is 3.34. The molecule has 0 aliphatic carbocycles. The van der Waals surface area contributed by atoms with Gasteiger partial charge in [-0.2, -0.15) is 0 Å². The van der Waals surface area contributed by atoms with Gasteiger partial charge in [-0.3, -0.25) is 4.90 Å². The Hall–Kier alpha value is -1.33. The van der Waals surface area contributed by atoms with Crippen LogP contribution in [0.15, 0.2) is 12.3 Å². The SMILES string of the molecule is CCN1CCOC(CNc2ncc(N)cc2C)C1. The number of aryl methyl sites for hydroxylation is 1. The summed E-state index contributed by atoms with van der Waals surface area (Å²) in [4.78, 5) is 6.70. The summed E-state index contributed by atoms with van der Waals surface area (Å²) in [5.74, 6) is 0.890. The van der Waals surface area contributed by atoms with Crippen LogP contribution in [0.2, 0.25) is 0 Å². The smallest absolute Gasteiger partial charge is 0.129 e. The molecule has 1 aliphatic heterocycles. The molecule has 0 amide bonds. The number of nitrogens with one attached hydrogen (secondary N) is 1. The van der Waals surface area contributed by atoms with E-state index < -0.39 is 0 Å². The molecule has 1 aromatic rings. The number of pyridine rings is 1. The Morgan fingerprint density at radius 1 is 1.61 bits per heavy atom. The summed E-state index contributed by atoms with van der Waals surface area (Å²) in [7, 11) is 0. The van der Waals surface area contributed by atoms with E-state index in [0.29, 0.717) is 5.69 Å². The van der Waals surface area contributed by atoms with E-state index in [9.17, 15) is 0 Å². The maximum absolute atomic E-state index is 5.74. The van der Waals surface area contributed by atoms with Crippen LogP contribution in [0.5, 0.6) is 0 Å². The van der Waals surface area contributed by atoms with Crippen molar-refractivity contribution >= 4 is 11.5 Å². The highest BCUT2D eigenvalue weighted by molar-refractivity contribution is 5.50. The number of aromatic nitrogens is 1. The van der Waals surface area contributed by atoms with Gasteiger partial charge in [-0.25, -0.2) is 4.98 Å². The summed E-state index contributed by atoms with van der Waals surface area (Å²) < 4.78 is 5.74. The number of ether oxygens (including phenoxy) is 1. The lowest BCUT2D eigenvalue weighted by molar-refractivity contribution is -0.0192. The van der Waals surface area contributed by atoms with Crippen LogP contribution in [-0.4, -0.2) is 48.8 Å². The maximum Gasteiger partial charge on any atom is 0.129 e. The lowest BCUT2D eigenvalue weighted by Crippen LogP contribution is -2.45. The minimum absolute atomic E-state index is 0.234. The molecule has 0 saturated carbocycles. The second-order valence-electron chi connectivity index (χ2n) is 4.70. The molecule has 3 N–H and O–H groups in total. The van der Waals surface area contributed by atoms with E-state index in [-0.39, 0.29) is 6.10 Å². The number of nitrogen functional groups attached to an aromatic ring is 1. The van der Waals surface area contributed by atoms with E-state index in [4.69, 9.17) is 10.5 Å². The van der Waals surface area contributed by atoms with Crippen LogP contribution in [0.3, 0.4) is 0 Å². The predicted molar refractivity (Wildman–Crippen MR) is 73.7 cm³/mol. The minimum atomic E-state index is 0.234. The Labute approximate surface area is 108 Å². The van der Waals surface area contributed by atoms with Crippen LogP contribution in [0, 0.1) is 6.92 Å². The Morgan fingerprint density at radius 2 is 2.44 bits per heavy atom. The van der Waals surface area contributed by atoms with Gasteiger partial charge in [0.15, 0.2) is 0 Å². The molecule has 1 saturated heterocycles. The number of nitrogens with two attached hydrogens (primary N) is 1. The molecular formula is C13H22N4O. The second-order valence-corrected chi connectivity index (χ2v) is 4.70. The van der Waals surface area contributed by atoms with Gasteiger partial charge in [-0.05, 0) is 25.1 Å². The summed E-state index contributed by atoms with van der Waals surface area (Å²) >= 11 is 0. The molecule has 18 heavy (non-hydrogen) atoms. The monoisotopic (exact) mass is 250 g/mol. The predicted octanol–water partition coefficient (Wildman–Crippen LogP) is 1.10. The van der Waals surface area contributed by atoms with Gasteiger partial charge >= 0.3 is 0 Å². The topological polar surface area (TPSA) is 63.4 Å². The molecule has 0 spiro atoms. The highest BCUT2D eigenvalue weighted by atomic mass is 16.5. The first-order valence-electron chi connectivity index (χ1n) is 6.49. The van der Waals surface area contributed by atoms with Crippen LogP contribution >= 0.6 is 0 Å². The van der Waals surface area contributed by atoms with Gasteiger partial charge in [0.1, 0.15) is 5.82 Å². The molecule has 2 rings (SSSR count). The first-order valence-corrected chi connectivity index (χ1v) is 6.49. The molecular weight excluding hydrogens is 228 g/mol. The molecule has 0 radical (unpaired) electrons. The zero-order chi connectivity index (χ0) is 13.0. The van der Waals surface area contributed by atoms with Gasteiger partial charge in [0.25, 0.3) is 0 Å². The third-order valence-electron chi connectivity index (χ3n) is 3.27. The van der Waals surface area contributed by atoms with E-state index in [1.54, 1.807) is 6.20 Å². The standard InChI is InChI=1S/C13H22N4O/c1-3-17-4-5-18-12(9-17)8-16-13-10(2)6-11(14)7-15-13/h6-7,12H,3-5,8-9,14H2,1-2H3,(H,15,16). The molecule has 1 fully saturated rings. The number of rotatable bonds is 4. The quantitative estimate of drug-likeness (QED) is 0.838. The third kappa shape index (κ3) is 3.34. The van der Waals surface area contributed by atoms with Crippen molar-refractivity contribution in [3.63, 3.8) is 0 Å². The van der Waals surface area contributed by atoms with Crippen LogP contribution in [0.4, 0.5) is 11.5 Å². The van der Waals surface area contributed by atoms with Crippen molar-refractivity contribution in [2.45, 2.75) is 20.0 Å². The molecule has 1 unspecified atom stereocenters. The van der Waals surface area contributed by atoms with Gasteiger partial charge in [0.05, 0.1) is 24.6 Å². The zero-order valence-electron chi connectivity index (χ0n) is 11.1. The maximum atomic E-state index is 5.74.